The summed E-state index contributed by atoms with van der Waals surface area (Å²) in [6, 6.07) is 9.08. The van der Waals surface area contributed by atoms with E-state index in [2.05, 4.69) is 25.3 Å². The Morgan fingerprint density at radius 2 is 1.73 bits per heavy atom. The number of carbonyl (C=O) groups excluding carboxylic acids is 4. The van der Waals surface area contributed by atoms with Crippen LogP contribution < -0.4 is 20.1 Å². The maximum absolute atomic E-state index is 14.7. The van der Waals surface area contributed by atoms with E-state index >= 15 is 0 Å². The summed E-state index contributed by atoms with van der Waals surface area (Å²) in [5.74, 6) is -3.04. The van der Waals surface area contributed by atoms with Crippen molar-refractivity contribution in [3.63, 3.8) is 0 Å². The largest absolute Gasteiger partial charge is 0.470 e. The van der Waals surface area contributed by atoms with Crippen molar-refractivity contribution < 1.29 is 49.9 Å². The number of halogens is 3. The average molecular weight is 879 g/mol. The van der Waals surface area contributed by atoms with Crippen LogP contribution in [-0.2, 0) is 35.4 Å². The number of allylic oxidation sites excluding steroid dienone is 1. The van der Waals surface area contributed by atoms with Crippen molar-refractivity contribution in [1.82, 2.24) is 30.2 Å². The van der Waals surface area contributed by atoms with Crippen LogP contribution in [0.1, 0.15) is 91.0 Å². The molecule has 2 aliphatic carbocycles. The van der Waals surface area contributed by atoms with Crippen LogP contribution >= 0.6 is 0 Å². The number of alkyl halides is 3. The molecule has 0 unspecified atom stereocenters. The molecule has 3 N–H and O–H groups in total. The number of nitrogens with one attached hydrogen (secondary N) is 3. The topological polar surface area (TPSA) is 190 Å². The Morgan fingerprint density at radius 1 is 1.00 bits per heavy atom. The second kappa shape index (κ2) is 15.7. The Hall–Kier alpha value is -5.52. The number of amides is 4. The molecule has 8 rings (SSSR count). The van der Waals surface area contributed by atoms with Gasteiger partial charge in [0.2, 0.25) is 33.3 Å². The Balaban J connectivity index is 1.16. The van der Waals surface area contributed by atoms with Gasteiger partial charge in [0.05, 0.1) is 16.9 Å². The fourth-order valence-corrected chi connectivity index (χ4v) is 9.37. The van der Waals surface area contributed by atoms with Crippen molar-refractivity contribution in [3.05, 3.63) is 66.2 Å². The Bertz CT molecular complexity index is 2580. The zero-order valence-electron chi connectivity index (χ0n) is 34.8. The minimum Gasteiger partial charge on any atom is -0.470 e. The predicted octanol–water partition coefficient (Wildman–Crippen LogP) is 6.33. The van der Waals surface area contributed by atoms with E-state index < -0.39 is 79.3 Å². The lowest BCUT2D eigenvalue weighted by Gasteiger charge is -2.31. The van der Waals surface area contributed by atoms with Crippen molar-refractivity contribution >= 4 is 55.7 Å². The van der Waals surface area contributed by atoms with E-state index in [4.69, 9.17) is 9.15 Å². The highest BCUT2D eigenvalue weighted by Crippen LogP contribution is 2.48. The van der Waals surface area contributed by atoms with E-state index in [1.54, 1.807) is 52.0 Å². The number of para-hydroxylation sites is 1. The maximum Gasteiger partial charge on any atom is 0.416 e. The zero-order chi connectivity index (χ0) is 44.4. The predicted molar refractivity (Wildman–Crippen MR) is 222 cm³/mol. The molecule has 0 spiro atoms. The summed E-state index contributed by atoms with van der Waals surface area (Å²) in [5, 5.41) is 6.35. The van der Waals surface area contributed by atoms with Crippen LogP contribution in [0.5, 0.6) is 5.88 Å². The van der Waals surface area contributed by atoms with Gasteiger partial charge in [-0.3, -0.25) is 23.9 Å². The van der Waals surface area contributed by atoms with Crippen molar-refractivity contribution in [2.45, 2.75) is 120 Å². The van der Waals surface area contributed by atoms with Crippen molar-refractivity contribution in [2.75, 3.05) is 6.54 Å². The number of hydrogen-bond donors (Lipinski definition) is 3. The molecule has 3 fully saturated rings. The minimum atomic E-state index is -4.57. The third-order valence-electron chi connectivity index (χ3n) is 12.4. The van der Waals surface area contributed by atoms with Crippen LogP contribution in [0.4, 0.5) is 13.2 Å². The van der Waals surface area contributed by atoms with E-state index in [9.17, 15) is 40.8 Å². The number of aromatic nitrogens is 2. The van der Waals surface area contributed by atoms with Gasteiger partial charge in [-0.2, -0.15) is 18.2 Å². The number of carbonyl (C=O) groups is 4. The van der Waals surface area contributed by atoms with Crippen LogP contribution in [0.25, 0.3) is 33.5 Å². The van der Waals surface area contributed by atoms with Crippen LogP contribution in [0, 0.1) is 11.3 Å². The van der Waals surface area contributed by atoms with Crippen molar-refractivity contribution in [3.8, 4) is 17.3 Å². The van der Waals surface area contributed by atoms with Gasteiger partial charge in [0.25, 0.3) is 11.8 Å². The third-order valence-corrected chi connectivity index (χ3v) is 14.6. The van der Waals surface area contributed by atoms with Crippen LogP contribution in [0.15, 0.2) is 65.1 Å². The van der Waals surface area contributed by atoms with E-state index in [0.717, 1.165) is 25.0 Å². The number of ether oxygens (including phenoxy) is 1. The standard InChI is InChI=1S/C44H49F3N6O8S/c1-41(2,3)39(56)48-30-14-9-7-5-6-8-12-27-23-43(27,40(57)52-62(58,59)42(4)20-21-42)51-36(54)31-22-28(24-53(31)38(30)55)60-37-34-33(29-13-10-11-15-32(29)61-34)49-35(50-37)25-16-18-26(19-17-25)44(45,46)47/h8,10-13,15-19,27-28,30-31H,5-7,9,14,20-24H2,1-4H3,(H,48,56)(H,51,54)(H,52,57)/b12-8-/t27-,28-,30+,31+,43-/m1/s1. The van der Waals surface area contributed by atoms with E-state index in [-0.39, 0.29) is 54.6 Å². The van der Waals surface area contributed by atoms with Gasteiger partial charge in [-0.25, -0.2) is 13.4 Å². The van der Waals surface area contributed by atoms with Gasteiger partial charge in [0, 0.05) is 28.7 Å². The SMILES string of the molecule is CC(C)(C)C(=O)N[C@H]1CCCCC/C=C\[C@@H]2C[C@@]2(C(=O)NS(=O)(=O)C2(C)CC2)NC(=O)[C@@H]2C[C@@H](Oc3nc(-c4ccc(C(F)(F)F)cc4)nc4c3oc3ccccc34)CN2C1=O. The molecule has 2 aromatic carbocycles. The molecule has 0 radical (unpaired) electrons. The molecule has 4 amide bonds. The number of nitrogens with zero attached hydrogens (tertiary/aromatic N) is 3. The lowest BCUT2D eigenvalue weighted by molar-refractivity contribution is -0.143. The summed E-state index contributed by atoms with van der Waals surface area (Å²) >= 11 is 0. The van der Waals surface area contributed by atoms with Gasteiger partial charge in [-0.05, 0) is 69.7 Å². The summed E-state index contributed by atoms with van der Waals surface area (Å²) in [6.07, 6.45) is 2.04. The first-order valence-electron chi connectivity index (χ1n) is 20.9. The second-order valence-corrected chi connectivity index (χ2v) is 20.4. The number of furan rings is 1. The minimum absolute atomic E-state index is 0.0372. The van der Waals surface area contributed by atoms with Gasteiger partial charge in [-0.1, -0.05) is 70.0 Å². The molecule has 330 valence electrons. The highest BCUT2D eigenvalue weighted by atomic mass is 32.2. The summed E-state index contributed by atoms with van der Waals surface area (Å²) in [4.78, 5) is 67.3. The monoisotopic (exact) mass is 878 g/mol. The van der Waals surface area contributed by atoms with Crippen LogP contribution in [-0.4, -0.2) is 81.9 Å². The van der Waals surface area contributed by atoms with Gasteiger partial charge >= 0.3 is 6.18 Å². The summed E-state index contributed by atoms with van der Waals surface area (Å²) < 4.78 is 80.7. The average Bonchev–Trinajstić information content (AvgIpc) is 4.03. The first kappa shape index (κ1) is 43.1. The number of benzene rings is 2. The van der Waals surface area contributed by atoms with Gasteiger partial charge in [0.15, 0.2) is 5.82 Å². The maximum atomic E-state index is 14.7. The summed E-state index contributed by atoms with van der Waals surface area (Å²) in [7, 11) is -4.06. The lowest BCUT2D eigenvalue weighted by atomic mass is 9.94. The molecule has 0 bridgehead atoms. The molecule has 2 aliphatic heterocycles. The first-order chi connectivity index (χ1) is 29.2. The fraction of sp³-hybridized carbons (Fsp3) is 0.500. The second-order valence-electron chi connectivity index (χ2n) is 18.2. The molecule has 2 aromatic heterocycles. The molecule has 62 heavy (non-hydrogen) atoms. The highest BCUT2D eigenvalue weighted by molar-refractivity contribution is 7.91. The van der Waals surface area contributed by atoms with Gasteiger partial charge in [-0.15, -0.1) is 0 Å². The van der Waals surface area contributed by atoms with Crippen LogP contribution in [0.3, 0.4) is 0 Å². The van der Waals surface area contributed by atoms with Gasteiger partial charge < -0.3 is 24.7 Å². The number of sulfonamides is 1. The Kier molecular flexibility index (Phi) is 10.9. The Morgan fingerprint density at radius 3 is 2.42 bits per heavy atom. The quantitative estimate of drug-likeness (QED) is 0.177. The van der Waals surface area contributed by atoms with Crippen molar-refractivity contribution in [2.24, 2.45) is 11.3 Å². The lowest BCUT2D eigenvalue weighted by Crippen LogP contribution is -2.59. The number of hydrogen-bond acceptors (Lipinski definition) is 10. The number of rotatable bonds is 7. The molecule has 4 aromatic rings. The zero-order valence-corrected chi connectivity index (χ0v) is 35.6. The molecule has 1 saturated heterocycles. The normalized spacial score (nSPS) is 26.1. The third kappa shape index (κ3) is 8.37. The highest BCUT2D eigenvalue weighted by Gasteiger charge is 2.63. The van der Waals surface area contributed by atoms with Crippen LogP contribution in [0.2, 0.25) is 0 Å². The molecule has 4 aliphatic rings. The van der Waals surface area contributed by atoms with E-state index in [1.165, 1.54) is 17.0 Å². The first-order valence-corrected chi connectivity index (χ1v) is 22.4. The molecule has 14 nitrogen and oxygen atoms in total. The molecule has 18 heteroatoms. The Labute approximate surface area is 356 Å². The van der Waals surface area contributed by atoms with Crippen molar-refractivity contribution in [1.29, 1.82) is 0 Å². The molecule has 5 atom stereocenters. The molecular formula is C44H49F3N6O8S. The van der Waals surface area contributed by atoms with E-state index in [0.29, 0.717) is 42.2 Å². The van der Waals surface area contributed by atoms with E-state index in [1.807, 2.05) is 12.2 Å². The summed E-state index contributed by atoms with van der Waals surface area (Å²) in [6.45, 7) is 6.56. The molecular weight excluding hydrogens is 830 g/mol. The summed E-state index contributed by atoms with van der Waals surface area (Å²) in [5.41, 5.74) is -2.16. The number of fused-ring (bicyclic) bond motifs is 5. The molecule has 2 saturated carbocycles. The smallest absolute Gasteiger partial charge is 0.416 e. The fourth-order valence-electron chi connectivity index (χ4n) is 8.06. The van der Waals surface area contributed by atoms with Gasteiger partial charge in [0.1, 0.15) is 34.8 Å². The molecule has 4 heterocycles.